The Bertz CT molecular complexity index is 542. The molecule has 1 aliphatic rings. The predicted molar refractivity (Wildman–Crippen MR) is 91.6 cm³/mol. The van der Waals surface area contributed by atoms with Crippen LogP contribution in [0.3, 0.4) is 0 Å². The molecule has 0 aromatic heterocycles. The van der Waals surface area contributed by atoms with Crippen LogP contribution in [0, 0.1) is 5.41 Å². The summed E-state index contributed by atoms with van der Waals surface area (Å²) in [5.41, 5.74) is 0.0762. The van der Waals surface area contributed by atoms with Crippen LogP contribution in [0.15, 0.2) is 30.3 Å². The number of aldehydes is 1. The third-order valence-corrected chi connectivity index (χ3v) is 4.16. The number of piperidine rings is 1. The molecule has 0 N–H and O–H groups in total. The summed E-state index contributed by atoms with van der Waals surface area (Å²) in [5, 5.41) is 0. The number of rotatable bonds is 5. The highest BCUT2D eigenvalue weighted by Crippen LogP contribution is 2.30. The number of nitrogens with zero attached hydrogens (tertiary/aromatic N) is 1. The van der Waals surface area contributed by atoms with Crippen LogP contribution in [0.1, 0.15) is 39.2 Å². The quantitative estimate of drug-likeness (QED) is 0.775. The Balaban J connectivity index is 1.82. The molecule has 1 fully saturated rings. The molecule has 1 amide bonds. The average molecular weight is 333 g/mol. The van der Waals surface area contributed by atoms with Crippen LogP contribution in [0.25, 0.3) is 0 Å². The van der Waals surface area contributed by atoms with Gasteiger partial charge in [0.25, 0.3) is 0 Å². The van der Waals surface area contributed by atoms with E-state index in [4.69, 9.17) is 9.47 Å². The summed E-state index contributed by atoms with van der Waals surface area (Å²) in [5.74, 6) is 0. The smallest absolute Gasteiger partial charge is 0.410 e. The molecule has 24 heavy (non-hydrogen) atoms. The van der Waals surface area contributed by atoms with Gasteiger partial charge in [0.1, 0.15) is 11.9 Å². The van der Waals surface area contributed by atoms with Crippen molar-refractivity contribution in [3.63, 3.8) is 0 Å². The lowest BCUT2D eigenvalue weighted by molar-refractivity contribution is -0.123. The molecule has 0 unspecified atom stereocenters. The van der Waals surface area contributed by atoms with Gasteiger partial charge >= 0.3 is 6.09 Å². The topological polar surface area (TPSA) is 55.8 Å². The first kappa shape index (κ1) is 18.5. The molecule has 132 valence electrons. The highest BCUT2D eigenvalue weighted by Gasteiger charge is 2.37. The molecule has 0 radical (unpaired) electrons. The highest BCUT2D eigenvalue weighted by atomic mass is 16.6. The molecule has 0 aliphatic carbocycles. The average Bonchev–Trinajstić information content (AvgIpc) is 2.55. The number of hydrogen-bond acceptors (Lipinski definition) is 4. The van der Waals surface area contributed by atoms with Crippen LogP contribution >= 0.6 is 0 Å². The van der Waals surface area contributed by atoms with E-state index in [-0.39, 0.29) is 6.09 Å². The van der Waals surface area contributed by atoms with Gasteiger partial charge in [-0.1, -0.05) is 30.3 Å². The van der Waals surface area contributed by atoms with Crippen LogP contribution in [0.5, 0.6) is 0 Å². The number of carbonyl (C=O) groups excluding carboxylic acids is 2. The Morgan fingerprint density at radius 1 is 1.21 bits per heavy atom. The molecule has 0 atom stereocenters. The van der Waals surface area contributed by atoms with Crippen molar-refractivity contribution >= 4 is 12.4 Å². The summed E-state index contributed by atoms with van der Waals surface area (Å²) in [4.78, 5) is 25.4. The van der Waals surface area contributed by atoms with E-state index in [9.17, 15) is 9.59 Å². The molecule has 5 nitrogen and oxygen atoms in total. The number of benzene rings is 1. The molecule has 1 aromatic rings. The maximum absolute atomic E-state index is 12.1. The lowest BCUT2D eigenvalue weighted by Gasteiger charge is -2.38. The Hall–Kier alpha value is -1.88. The second-order valence-corrected chi connectivity index (χ2v) is 7.43. The van der Waals surface area contributed by atoms with E-state index in [0.717, 1.165) is 11.8 Å². The van der Waals surface area contributed by atoms with Crippen LogP contribution in [0.4, 0.5) is 4.79 Å². The molecular formula is C19H27NO4. The maximum Gasteiger partial charge on any atom is 0.410 e. The predicted octanol–water partition coefficient (Wildman–Crippen LogP) is 3.42. The minimum absolute atomic E-state index is 0.313. The number of hydrogen-bond donors (Lipinski definition) is 0. The first-order valence-electron chi connectivity index (χ1n) is 8.40. The van der Waals surface area contributed by atoms with Gasteiger partial charge in [-0.3, -0.25) is 0 Å². The van der Waals surface area contributed by atoms with E-state index in [1.807, 2.05) is 51.1 Å². The van der Waals surface area contributed by atoms with E-state index < -0.39 is 11.0 Å². The van der Waals surface area contributed by atoms with Crippen molar-refractivity contribution < 1.29 is 19.1 Å². The summed E-state index contributed by atoms with van der Waals surface area (Å²) in [7, 11) is 0. The molecule has 5 heteroatoms. The Kier molecular flexibility index (Phi) is 5.99. The third-order valence-electron chi connectivity index (χ3n) is 4.16. The molecule has 1 aromatic carbocycles. The van der Waals surface area contributed by atoms with Gasteiger partial charge < -0.3 is 19.2 Å². The number of ether oxygens (including phenoxy) is 2. The van der Waals surface area contributed by atoms with E-state index in [2.05, 4.69) is 0 Å². The standard InChI is InChI=1S/C19H27NO4/c1-18(2,3)24-17(22)20-11-9-19(14-21,10-12-20)15-23-13-16-7-5-4-6-8-16/h4-8,14H,9-13,15H2,1-3H3. The molecule has 0 bridgehead atoms. The fraction of sp³-hybridized carbons (Fsp3) is 0.579. The monoisotopic (exact) mass is 333 g/mol. The molecule has 1 aliphatic heterocycles. The van der Waals surface area contributed by atoms with E-state index in [1.165, 1.54) is 0 Å². The Morgan fingerprint density at radius 3 is 2.38 bits per heavy atom. The van der Waals surface area contributed by atoms with Gasteiger partial charge in [0, 0.05) is 13.1 Å². The van der Waals surface area contributed by atoms with Crippen molar-refractivity contribution in [2.75, 3.05) is 19.7 Å². The first-order valence-corrected chi connectivity index (χ1v) is 8.40. The van der Waals surface area contributed by atoms with Gasteiger partial charge in [0.15, 0.2) is 0 Å². The number of amides is 1. The van der Waals surface area contributed by atoms with E-state index in [0.29, 0.717) is 39.1 Å². The van der Waals surface area contributed by atoms with E-state index in [1.54, 1.807) is 4.90 Å². The third kappa shape index (κ3) is 5.34. The summed E-state index contributed by atoms with van der Waals surface area (Å²) < 4.78 is 11.1. The largest absolute Gasteiger partial charge is 0.444 e. The second kappa shape index (κ2) is 7.79. The lowest BCUT2D eigenvalue weighted by atomic mass is 9.80. The second-order valence-electron chi connectivity index (χ2n) is 7.43. The van der Waals surface area contributed by atoms with Crippen LogP contribution in [-0.4, -0.2) is 42.6 Å². The van der Waals surface area contributed by atoms with Crippen molar-refractivity contribution in [1.29, 1.82) is 0 Å². The van der Waals surface area contributed by atoms with Crippen LogP contribution in [0.2, 0.25) is 0 Å². The Labute approximate surface area is 143 Å². The highest BCUT2D eigenvalue weighted by molar-refractivity contribution is 5.69. The van der Waals surface area contributed by atoms with Gasteiger partial charge in [-0.25, -0.2) is 4.79 Å². The lowest BCUT2D eigenvalue weighted by Crippen LogP contribution is -2.47. The van der Waals surface area contributed by atoms with Crippen molar-refractivity contribution in [2.24, 2.45) is 5.41 Å². The molecule has 1 saturated heterocycles. The molecule has 0 spiro atoms. The van der Waals surface area contributed by atoms with Crippen molar-refractivity contribution in [2.45, 2.75) is 45.8 Å². The molecule has 2 rings (SSSR count). The molecule has 1 heterocycles. The maximum atomic E-state index is 12.1. The van der Waals surface area contributed by atoms with E-state index >= 15 is 0 Å². The zero-order valence-corrected chi connectivity index (χ0v) is 14.8. The van der Waals surface area contributed by atoms with Gasteiger partial charge in [-0.05, 0) is 39.2 Å². The molecular weight excluding hydrogens is 306 g/mol. The minimum atomic E-state index is -0.507. The fourth-order valence-corrected chi connectivity index (χ4v) is 2.70. The van der Waals surface area contributed by atoms with Gasteiger partial charge in [-0.15, -0.1) is 0 Å². The minimum Gasteiger partial charge on any atom is -0.444 e. The summed E-state index contributed by atoms with van der Waals surface area (Å²) in [6.07, 6.45) is 1.88. The zero-order chi connectivity index (χ0) is 17.6. The number of likely N-dealkylation sites (tertiary alicyclic amines) is 1. The van der Waals surface area contributed by atoms with Gasteiger partial charge in [0.05, 0.1) is 18.6 Å². The van der Waals surface area contributed by atoms with Crippen molar-refractivity contribution in [3.8, 4) is 0 Å². The Morgan fingerprint density at radius 2 is 1.83 bits per heavy atom. The fourth-order valence-electron chi connectivity index (χ4n) is 2.70. The normalized spacial score (nSPS) is 17.4. The SMILES string of the molecule is CC(C)(C)OC(=O)N1CCC(C=O)(COCc2ccccc2)CC1. The zero-order valence-electron chi connectivity index (χ0n) is 14.8. The first-order chi connectivity index (χ1) is 11.3. The van der Waals surface area contributed by atoms with Crippen molar-refractivity contribution in [1.82, 2.24) is 4.90 Å². The van der Waals surface area contributed by atoms with Crippen LogP contribution in [-0.2, 0) is 20.9 Å². The summed E-state index contributed by atoms with van der Waals surface area (Å²) in [6.45, 7) is 7.45. The van der Waals surface area contributed by atoms with Gasteiger partial charge in [0.2, 0.25) is 0 Å². The van der Waals surface area contributed by atoms with Gasteiger partial charge in [-0.2, -0.15) is 0 Å². The van der Waals surface area contributed by atoms with Crippen molar-refractivity contribution in [3.05, 3.63) is 35.9 Å². The molecule has 0 saturated carbocycles. The summed E-state index contributed by atoms with van der Waals surface area (Å²) in [6, 6.07) is 9.89. The number of carbonyl (C=O) groups is 2. The van der Waals surface area contributed by atoms with Crippen LogP contribution < -0.4 is 0 Å². The summed E-state index contributed by atoms with van der Waals surface area (Å²) >= 11 is 0.